The van der Waals surface area contributed by atoms with E-state index in [4.69, 9.17) is 14.2 Å². The molecular weight excluding hydrogens is 532 g/mol. The standard InChI is InChI=1S/C39H48O4/c1-4-7-25-35(41-30-19-13-10-14-20-30)33-28-29-34(40)39(37(27-9-6-3)43-32-23-17-12-18-24-32)38(33)36(26-8-5-2)42-31-21-15-11-16-22-31/h10-24,28-29,35-37,40H,4-9,25-27H2,1-3H3. The van der Waals surface area contributed by atoms with Crippen LogP contribution in [0.1, 0.15) is 114 Å². The average Bonchev–Trinajstić information content (AvgIpc) is 3.05. The summed E-state index contributed by atoms with van der Waals surface area (Å²) in [6.45, 7) is 6.60. The zero-order chi connectivity index (χ0) is 30.3. The summed E-state index contributed by atoms with van der Waals surface area (Å²) in [6, 6.07) is 33.9. The lowest BCUT2D eigenvalue weighted by Gasteiger charge is -2.32. The van der Waals surface area contributed by atoms with Crippen LogP contribution in [0, 0.1) is 0 Å². The molecule has 4 aromatic carbocycles. The minimum absolute atomic E-state index is 0.205. The Labute approximate surface area is 258 Å². The molecule has 4 nitrogen and oxygen atoms in total. The summed E-state index contributed by atoms with van der Waals surface area (Å²) in [6.07, 6.45) is 7.72. The number of phenols is 1. The highest BCUT2D eigenvalue weighted by molar-refractivity contribution is 5.49. The topological polar surface area (TPSA) is 47.9 Å². The summed E-state index contributed by atoms with van der Waals surface area (Å²) < 4.78 is 20.3. The zero-order valence-electron chi connectivity index (χ0n) is 26.1. The number of hydrogen-bond donors (Lipinski definition) is 1. The van der Waals surface area contributed by atoms with E-state index < -0.39 is 0 Å². The lowest BCUT2D eigenvalue weighted by Crippen LogP contribution is -2.21. The molecular formula is C39H48O4. The van der Waals surface area contributed by atoms with Crippen LogP contribution in [0.5, 0.6) is 23.0 Å². The quantitative estimate of drug-likeness (QED) is 0.127. The van der Waals surface area contributed by atoms with Crippen LogP contribution in [0.4, 0.5) is 0 Å². The van der Waals surface area contributed by atoms with Crippen molar-refractivity contribution in [2.75, 3.05) is 0 Å². The predicted octanol–water partition coefficient (Wildman–Crippen LogP) is 11.3. The highest BCUT2D eigenvalue weighted by Crippen LogP contribution is 2.45. The number of para-hydroxylation sites is 3. The fourth-order valence-electron chi connectivity index (χ4n) is 5.58. The number of aromatic hydroxyl groups is 1. The Balaban J connectivity index is 1.91. The average molecular weight is 581 g/mol. The molecule has 0 aliphatic rings. The van der Waals surface area contributed by atoms with Gasteiger partial charge < -0.3 is 19.3 Å². The molecule has 0 aromatic heterocycles. The van der Waals surface area contributed by atoms with Gasteiger partial charge in [0.25, 0.3) is 0 Å². The molecule has 0 heterocycles. The van der Waals surface area contributed by atoms with Crippen LogP contribution in [0.15, 0.2) is 103 Å². The number of ether oxygens (including phenoxy) is 3. The summed E-state index contributed by atoms with van der Waals surface area (Å²) in [5.74, 6) is 2.67. The van der Waals surface area contributed by atoms with E-state index >= 15 is 0 Å². The molecule has 4 heteroatoms. The fraction of sp³-hybridized carbons (Fsp3) is 0.385. The smallest absolute Gasteiger partial charge is 0.128 e. The normalized spacial score (nSPS) is 13.2. The molecule has 4 aromatic rings. The van der Waals surface area contributed by atoms with E-state index in [0.29, 0.717) is 0 Å². The molecule has 228 valence electrons. The summed E-state index contributed by atoms with van der Waals surface area (Å²) in [5, 5.41) is 11.7. The monoisotopic (exact) mass is 580 g/mol. The third-order valence-corrected chi connectivity index (χ3v) is 7.81. The zero-order valence-corrected chi connectivity index (χ0v) is 26.1. The van der Waals surface area contributed by atoms with Crippen molar-refractivity contribution in [2.45, 2.75) is 96.9 Å². The second-order valence-corrected chi connectivity index (χ2v) is 11.2. The van der Waals surface area contributed by atoms with E-state index in [1.54, 1.807) is 0 Å². The van der Waals surface area contributed by atoms with Crippen molar-refractivity contribution in [3.63, 3.8) is 0 Å². The molecule has 43 heavy (non-hydrogen) atoms. The van der Waals surface area contributed by atoms with Crippen molar-refractivity contribution in [3.8, 4) is 23.0 Å². The molecule has 0 bridgehead atoms. The van der Waals surface area contributed by atoms with Crippen molar-refractivity contribution in [3.05, 3.63) is 120 Å². The largest absolute Gasteiger partial charge is 0.508 e. The lowest BCUT2D eigenvalue weighted by molar-refractivity contribution is 0.153. The first-order chi connectivity index (χ1) is 21.1. The molecule has 0 amide bonds. The Morgan fingerprint density at radius 2 is 0.837 bits per heavy atom. The van der Waals surface area contributed by atoms with Crippen LogP contribution >= 0.6 is 0 Å². The molecule has 0 aliphatic carbocycles. The summed E-state index contributed by atoms with van der Waals surface area (Å²) in [5.41, 5.74) is 2.86. The Bertz CT molecular complexity index is 1320. The van der Waals surface area contributed by atoms with Gasteiger partial charge in [-0.3, -0.25) is 0 Å². The number of phenolic OH excluding ortho intramolecular Hbond substituents is 1. The molecule has 0 fully saturated rings. The van der Waals surface area contributed by atoms with Gasteiger partial charge in [-0.15, -0.1) is 0 Å². The summed E-state index contributed by atoms with van der Waals surface area (Å²) in [4.78, 5) is 0. The maximum absolute atomic E-state index is 11.7. The Morgan fingerprint density at radius 1 is 0.465 bits per heavy atom. The Morgan fingerprint density at radius 3 is 1.26 bits per heavy atom. The van der Waals surface area contributed by atoms with Gasteiger partial charge in [0.05, 0.1) is 0 Å². The third-order valence-electron chi connectivity index (χ3n) is 7.81. The summed E-state index contributed by atoms with van der Waals surface area (Å²) >= 11 is 0. The molecule has 3 atom stereocenters. The molecule has 0 saturated heterocycles. The van der Waals surface area contributed by atoms with E-state index in [2.05, 4.69) is 20.8 Å². The molecule has 0 spiro atoms. The second kappa shape index (κ2) is 17.3. The van der Waals surface area contributed by atoms with Gasteiger partial charge >= 0.3 is 0 Å². The number of unbranched alkanes of at least 4 members (excludes halogenated alkanes) is 3. The van der Waals surface area contributed by atoms with Crippen LogP contribution in [0.3, 0.4) is 0 Å². The molecule has 0 saturated carbocycles. The first-order valence-electron chi connectivity index (χ1n) is 16.1. The van der Waals surface area contributed by atoms with Crippen molar-refractivity contribution in [1.82, 2.24) is 0 Å². The number of benzene rings is 4. The molecule has 1 N–H and O–H groups in total. The van der Waals surface area contributed by atoms with Crippen molar-refractivity contribution >= 4 is 0 Å². The van der Waals surface area contributed by atoms with Gasteiger partial charge in [0.15, 0.2) is 0 Å². The molecule has 0 aliphatic heterocycles. The van der Waals surface area contributed by atoms with Gasteiger partial charge in [0.1, 0.15) is 41.3 Å². The van der Waals surface area contributed by atoms with Gasteiger partial charge in [-0.2, -0.15) is 0 Å². The first kappa shape index (κ1) is 32.0. The predicted molar refractivity (Wildman–Crippen MR) is 176 cm³/mol. The highest BCUT2D eigenvalue weighted by Gasteiger charge is 2.32. The Kier molecular flexibility index (Phi) is 12.8. The minimum atomic E-state index is -0.343. The van der Waals surface area contributed by atoms with Crippen molar-refractivity contribution in [1.29, 1.82) is 0 Å². The SMILES string of the molecule is CCCCC(Oc1ccccc1)c1ccc(O)c(C(CCCC)Oc2ccccc2)c1C(CCCC)Oc1ccccc1. The third kappa shape index (κ3) is 9.28. The van der Waals surface area contributed by atoms with Crippen molar-refractivity contribution < 1.29 is 19.3 Å². The Hall–Kier alpha value is -3.92. The van der Waals surface area contributed by atoms with Crippen LogP contribution < -0.4 is 14.2 Å². The van der Waals surface area contributed by atoms with Crippen LogP contribution in [0.2, 0.25) is 0 Å². The van der Waals surface area contributed by atoms with E-state index in [0.717, 1.165) is 91.7 Å². The van der Waals surface area contributed by atoms with Gasteiger partial charge in [-0.1, -0.05) is 101 Å². The summed E-state index contributed by atoms with van der Waals surface area (Å²) in [7, 11) is 0. The molecule has 4 rings (SSSR count). The second-order valence-electron chi connectivity index (χ2n) is 11.2. The number of rotatable bonds is 18. The maximum atomic E-state index is 11.7. The van der Waals surface area contributed by atoms with Gasteiger partial charge in [0, 0.05) is 11.1 Å². The molecule has 3 unspecified atom stereocenters. The van der Waals surface area contributed by atoms with Crippen LogP contribution in [0.25, 0.3) is 0 Å². The molecule has 0 radical (unpaired) electrons. The first-order valence-corrected chi connectivity index (χ1v) is 16.1. The highest BCUT2D eigenvalue weighted by atomic mass is 16.5. The van der Waals surface area contributed by atoms with Gasteiger partial charge in [-0.25, -0.2) is 0 Å². The van der Waals surface area contributed by atoms with Crippen molar-refractivity contribution in [2.24, 2.45) is 0 Å². The van der Waals surface area contributed by atoms with E-state index in [-0.39, 0.29) is 24.1 Å². The maximum Gasteiger partial charge on any atom is 0.128 e. The van der Waals surface area contributed by atoms with Gasteiger partial charge in [-0.05, 0) is 86.6 Å². The van der Waals surface area contributed by atoms with E-state index in [9.17, 15) is 5.11 Å². The lowest BCUT2D eigenvalue weighted by atomic mass is 9.85. The fourth-order valence-corrected chi connectivity index (χ4v) is 5.58. The van der Waals surface area contributed by atoms with Crippen LogP contribution in [-0.4, -0.2) is 5.11 Å². The van der Waals surface area contributed by atoms with Crippen LogP contribution in [-0.2, 0) is 0 Å². The van der Waals surface area contributed by atoms with Gasteiger partial charge in [0.2, 0.25) is 0 Å². The van der Waals surface area contributed by atoms with E-state index in [1.807, 2.05) is 103 Å². The minimum Gasteiger partial charge on any atom is -0.508 e. The van der Waals surface area contributed by atoms with E-state index in [1.165, 1.54) is 0 Å². The number of hydrogen-bond acceptors (Lipinski definition) is 4.